The molecule has 0 atom stereocenters. The fourth-order valence-corrected chi connectivity index (χ4v) is 7.26. The second kappa shape index (κ2) is 10.9. The van der Waals surface area contributed by atoms with Crippen molar-refractivity contribution < 1.29 is 13.2 Å². The third-order valence-corrected chi connectivity index (χ3v) is 9.87. The van der Waals surface area contributed by atoms with Gasteiger partial charge in [-0.1, -0.05) is 24.3 Å². The van der Waals surface area contributed by atoms with Crippen LogP contribution in [-0.4, -0.2) is 66.4 Å². The highest BCUT2D eigenvalue weighted by Gasteiger charge is 2.25. The second-order valence-electron chi connectivity index (χ2n) is 11.2. The number of pyridine rings is 2. The number of primary amides is 1. The quantitative estimate of drug-likeness (QED) is 0.301. The first-order valence-electron chi connectivity index (χ1n) is 14.2. The molecule has 0 aliphatic carbocycles. The lowest BCUT2D eigenvalue weighted by Crippen LogP contribution is -2.44. The lowest BCUT2D eigenvalue weighted by Gasteiger charge is -2.35. The SMILES string of the molecule is Cc1cc(-c2cnc3c(c2)c(-c2cc(C)c(C(N)=O)c(C)n2)cn3S(=O)(=O)c2ccccc2)ccc1N1CCN(C)CC1. The number of amides is 1. The summed E-state index contributed by atoms with van der Waals surface area (Å²) >= 11 is 0. The Balaban J connectivity index is 1.51. The van der Waals surface area contributed by atoms with Gasteiger partial charge in [0.1, 0.15) is 0 Å². The number of hydrogen-bond acceptors (Lipinski definition) is 7. The van der Waals surface area contributed by atoms with Gasteiger partial charge >= 0.3 is 0 Å². The number of hydrogen-bond donors (Lipinski definition) is 1. The molecule has 0 saturated carbocycles. The number of fused-ring (bicyclic) bond motifs is 1. The van der Waals surface area contributed by atoms with Crippen molar-refractivity contribution in [3.05, 3.63) is 95.4 Å². The Bertz CT molecular complexity index is 1950. The normalized spacial score (nSPS) is 14.4. The van der Waals surface area contributed by atoms with Crippen molar-refractivity contribution in [3.63, 3.8) is 0 Å². The van der Waals surface area contributed by atoms with Crippen LogP contribution < -0.4 is 10.6 Å². The first-order chi connectivity index (χ1) is 20.5. The molecule has 1 aliphatic heterocycles. The highest BCUT2D eigenvalue weighted by molar-refractivity contribution is 7.90. The topological polar surface area (TPSA) is 114 Å². The summed E-state index contributed by atoms with van der Waals surface area (Å²) in [5, 5.41) is 0.635. The van der Waals surface area contributed by atoms with Crippen molar-refractivity contribution in [1.29, 1.82) is 0 Å². The molecule has 4 heterocycles. The van der Waals surface area contributed by atoms with E-state index in [1.165, 1.54) is 15.2 Å². The Kier molecular flexibility index (Phi) is 7.27. The minimum Gasteiger partial charge on any atom is -0.369 e. The second-order valence-corrected chi connectivity index (χ2v) is 13.0. The van der Waals surface area contributed by atoms with Gasteiger partial charge < -0.3 is 15.5 Å². The molecule has 0 unspecified atom stereocenters. The van der Waals surface area contributed by atoms with E-state index in [0.717, 1.165) is 37.3 Å². The number of nitrogens with two attached hydrogens (primary N) is 1. The van der Waals surface area contributed by atoms with E-state index in [9.17, 15) is 13.2 Å². The molecule has 10 heteroatoms. The van der Waals surface area contributed by atoms with Crippen molar-refractivity contribution in [2.24, 2.45) is 5.73 Å². The third-order valence-electron chi connectivity index (χ3n) is 8.21. The number of anilines is 1. The van der Waals surface area contributed by atoms with E-state index in [1.54, 1.807) is 62.6 Å². The number of carbonyl (C=O) groups is 1. The lowest BCUT2D eigenvalue weighted by molar-refractivity contribution is 0.0998. The van der Waals surface area contributed by atoms with Crippen molar-refractivity contribution in [2.75, 3.05) is 38.1 Å². The Labute approximate surface area is 251 Å². The highest BCUT2D eigenvalue weighted by atomic mass is 32.2. The number of aryl methyl sites for hydroxylation is 3. The molecule has 0 spiro atoms. The molecular weight excluding hydrogens is 560 g/mol. The summed E-state index contributed by atoms with van der Waals surface area (Å²) in [7, 11) is -1.81. The maximum Gasteiger partial charge on any atom is 0.269 e. The van der Waals surface area contributed by atoms with Crippen LogP contribution >= 0.6 is 0 Å². The van der Waals surface area contributed by atoms with Crippen LogP contribution in [0.1, 0.15) is 27.2 Å². The summed E-state index contributed by atoms with van der Waals surface area (Å²) < 4.78 is 28.8. The molecule has 43 heavy (non-hydrogen) atoms. The average Bonchev–Trinajstić information content (AvgIpc) is 3.37. The van der Waals surface area contributed by atoms with E-state index < -0.39 is 15.9 Å². The van der Waals surface area contributed by atoms with Gasteiger partial charge in [0.2, 0.25) is 0 Å². The van der Waals surface area contributed by atoms with Crippen LogP contribution in [0.3, 0.4) is 0 Å². The van der Waals surface area contributed by atoms with Gasteiger partial charge in [-0.05, 0) is 80.9 Å². The lowest BCUT2D eigenvalue weighted by atomic mass is 10.00. The van der Waals surface area contributed by atoms with Gasteiger partial charge in [0.25, 0.3) is 15.9 Å². The van der Waals surface area contributed by atoms with Crippen LogP contribution in [0.5, 0.6) is 0 Å². The molecule has 3 aromatic heterocycles. The fraction of sp³-hybridized carbons (Fsp3) is 0.242. The summed E-state index contributed by atoms with van der Waals surface area (Å²) in [6.45, 7) is 9.67. The predicted molar refractivity (Wildman–Crippen MR) is 170 cm³/mol. The van der Waals surface area contributed by atoms with Gasteiger partial charge in [0.15, 0.2) is 5.65 Å². The molecule has 6 rings (SSSR count). The number of likely N-dealkylation sites (N-methyl/N-ethyl adjacent to an activating group) is 1. The molecule has 1 fully saturated rings. The Hall–Kier alpha value is -4.54. The number of carbonyl (C=O) groups excluding carboxylic acids is 1. The van der Waals surface area contributed by atoms with Crippen LogP contribution in [0.4, 0.5) is 5.69 Å². The first-order valence-corrected chi connectivity index (χ1v) is 15.6. The molecular formula is C33H34N6O3S. The zero-order valence-corrected chi connectivity index (χ0v) is 25.5. The fourth-order valence-electron chi connectivity index (χ4n) is 5.91. The molecule has 5 aromatic rings. The van der Waals surface area contributed by atoms with Gasteiger partial charge in [-0.3, -0.25) is 9.78 Å². The van der Waals surface area contributed by atoms with E-state index in [-0.39, 0.29) is 4.90 Å². The molecule has 0 bridgehead atoms. The Morgan fingerprint density at radius 3 is 2.26 bits per heavy atom. The zero-order valence-electron chi connectivity index (χ0n) is 24.7. The summed E-state index contributed by atoms with van der Waals surface area (Å²) in [5.41, 5.74) is 12.8. The minimum atomic E-state index is -3.96. The van der Waals surface area contributed by atoms with Crippen LogP contribution in [-0.2, 0) is 10.0 Å². The zero-order chi connectivity index (χ0) is 30.5. The maximum absolute atomic E-state index is 13.8. The molecule has 2 aromatic carbocycles. The van der Waals surface area contributed by atoms with Crippen molar-refractivity contribution in [1.82, 2.24) is 18.8 Å². The molecule has 0 radical (unpaired) electrons. The summed E-state index contributed by atoms with van der Waals surface area (Å²) in [6.07, 6.45) is 3.28. The molecule has 1 saturated heterocycles. The molecule has 9 nitrogen and oxygen atoms in total. The van der Waals surface area contributed by atoms with Crippen LogP contribution in [0.15, 0.2) is 78.0 Å². The van der Waals surface area contributed by atoms with Gasteiger partial charge in [0.05, 0.1) is 21.8 Å². The van der Waals surface area contributed by atoms with Gasteiger partial charge in [-0.15, -0.1) is 0 Å². The smallest absolute Gasteiger partial charge is 0.269 e. The Morgan fingerprint density at radius 1 is 0.884 bits per heavy atom. The summed E-state index contributed by atoms with van der Waals surface area (Å²) in [4.78, 5) is 26.3. The van der Waals surface area contributed by atoms with Crippen LogP contribution in [0.25, 0.3) is 33.4 Å². The van der Waals surface area contributed by atoms with E-state index in [0.29, 0.717) is 39.1 Å². The van der Waals surface area contributed by atoms with E-state index >= 15 is 0 Å². The molecule has 2 N–H and O–H groups in total. The number of aromatic nitrogens is 3. The van der Waals surface area contributed by atoms with Gasteiger partial charge in [-0.25, -0.2) is 17.4 Å². The van der Waals surface area contributed by atoms with Crippen LogP contribution in [0, 0.1) is 20.8 Å². The van der Waals surface area contributed by atoms with Crippen molar-refractivity contribution in [3.8, 4) is 22.4 Å². The average molecular weight is 595 g/mol. The highest BCUT2D eigenvalue weighted by Crippen LogP contribution is 2.36. The molecule has 220 valence electrons. The minimum absolute atomic E-state index is 0.156. The maximum atomic E-state index is 13.8. The predicted octanol–water partition coefficient (Wildman–Crippen LogP) is 4.78. The molecule has 1 amide bonds. The first kappa shape index (κ1) is 28.6. The largest absolute Gasteiger partial charge is 0.369 e. The number of nitrogens with zero attached hydrogens (tertiary/aromatic N) is 5. The van der Waals surface area contributed by atoms with E-state index in [1.807, 2.05) is 6.07 Å². The third kappa shape index (κ3) is 5.17. The van der Waals surface area contributed by atoms with Crippen molar-refractivity contribution >= 4 is 32.7 Å². The Morgan fingerprint density at radius 2 is 1.60 bits per heavy atom. The van der Waals surface area contributed by atoms with Crippen molar-refractivity contribution in [2.45, 2.75) is 25.7 Å². The van der Waals surface area contributed by atoms with E-state index in [4.69, 9.17) is 10.7 Å². The summed E-state index contributed by atoms with van der Waals surface area (Å²) in [5.74, 6) is -0.553. The standard InChI is InChI=1S/C33H34N6O3S/c1-21-16-24(10-11-30(21)38-14-12-37(4)13-15-38)25-18-27-28(29-17-22(2)31(32(34)40)23(3)36-29)20-39(33(27)35-19-25)43(41,42)26-8-6-5-7-9-26/h5-11,16-20H,12-15H2,1-4H3,(H2,34,40). The number of piperazine rings is 1. The summed E-state index contributed by atoms with van der Waals surface area (Å²) in [6, 6.07) is 18.4. The van der Waals surface area contributed by atoms with E-state index in [2.05, 4.69) is 47.0 Å². The van der Waals surface area contributed by atoms with Crippen LogP contribution in [0.2, 0.25) is 0 Å². The number of rotatable bonds is 6. The monoisotopic (exact) mass is 594 g/mol. The molecule has 1 aliphatic rings. The van der Waals surface area contributed by atoms with Gasteiger partial charge in [-0.2, -0.15) is 0 Å². The van der Waals surface area contributed by atoms with Gasteiger partial charge in [0, 0.05) is 60.8 Å². The number of benzene rings is 2.